The van der Waals surface area contributed by atoms with Gasteiger partial charge in [0, 0.05) is 31.9 Å². The van der Waals surface area contributed by atoms with E-state index < -0.39 is 30.7 Å². The van der Waals surface area contributed by atoms with E-state index in [9.17, 15) is 31.1 Å². The SMILES string of the molecule is Cn1cnc(C(=O)N(Cc2cccc(OC(F)(F)F)c2)C2CCC(NCC(F)(F)F)CC2)c1. The van der Waals surface area contributed by atoms with Gasteiger partial charge in [-0.1, -0.05) is 12.1 Å². The van der Waals surface area contributed by atoms with E-state index in [4.69, 9.17) is 0 Å². The minimum atomic E-state index is -4.84. The number of carbonyl (C=O) groups excluding carboxylic acids is 1. The van der Waals surface area contributed by atoms with Crippen LogP contribution in [0.4, 0.5) is 26.3 Å². The summed E-state index contributed by atoms with van der Waals surface area (Å²) < 4.78 is 80.8. The van der Waals surface area contributed by atoms with E-state index in [0.717, 1.165) is 0 Å². The van der Waals surface area contributed by atoms with Gasteiger partial charge in [-0.05, 0) is 43.4 Å². The van der Waals surface area contributed by atoms with Crippen molar-refractivity contribution in [3.8, 4) is 5.75 Å². The summed E-state index contributed by atoms with van der Waals surface area (Å²) in [5, 5.41) is 2.50. The number of imidazole rings is 1. The number of halogens is 6. The summed E-state index contributed by atoms with van der Waals surface area (Å²) in [6, 6.07) is 4.74. The Hall–Kier alpha value is -2.76. The molecule has 1 amide bonds. The highest BCUT2D eigenvalue weighted by molar-refractivity contribution is 5.92. The third kappa shape index (κ3) is 7.65. The van der Waals surface area contributed by atoms with Crippen LogP contribution in [-0.4, -0.2) is 51.5 Å². The number of aromatic nitrogens is 2. The molecule has 1 aliphatic rings. The van der Waals surface area contributed by atoms with E-state index >= 15 is 0 Å². The maximum absolute atomic E-state index is 13.2. The zero-order valence-corrected chi connectivity index (χ0v) is 17.8. The van der Waals surface area contributed by atoms with Gasteiger partial charge < -0.3 is 19.5 Å². The summed E-state index contributed by atoms with van der Waals surface area (Å²) in [6.07, 6.45) is -4.38. The smallest absolute Gasteiger partial charge is 0.406 e. The second-order valence-corrected chi connectivity index (χ2v) is 8.05. The van der Waals surface area contributed by atoms with Crippen LogP contribution in [0, 0.1) is 0 Å². The number of nitrogens with one attached hydrogen (secondary N) is 1. The molecule has 0 aliphatic heterocycles. The Bertz CT molecular complexity index is 935. The van der Waals surface area contributed by atoms with Crippen molar-refractivity contribution in [3.05, 3.63) is 48.0 Å². The first-order valence-electron chi connectivity index (χ1n) is 10.3. The standard InChI is InChI=1S/C21H24F6N4O2/c1-30-11-18(29-13-30)19(32)31(10-14-3-2-4-17(9-14)33-21(25,26)27)16-7-5-15(6-8-16)28-12-20(22,23)24/h2-4,9,11,13,15-16,28H,5-8,10,12H2,1H3. The van der Waals surface area contributed by atoms with Gasteiger partial charge in [0.1, 0.15) is 11.4 Å². The van der Waals surface area contributed by atoms with Gasteiger partial charge in [0.25, 0.3) is 5.91 Å². The van der Waals surface area contributed by atoms with E-state index in [0.29, 0.717) is 31.2 Å². The molecule has 1 saturated carbocycles. The lowest BCUT2D eigenvalue weighted by Crippen LogP contribution is -2.46. The molecule has 182 valence electrons. The number of carbonyl (C=O) groups is 1. The van der Waals surface area contributed by atoms with Crippen LogP contribution in [0.5, 0.6) is 5.75 Å². The maximum Gasteiger partial charge on any atom is 0.573 e. The summed E-state index contributed by atoms with van der Waals surface area (Å²) in [6.45, 7) is -1.07. The van der Waals surface area contributed by atoms with Crippen molar-refractivity contribution in [2.45, 2.75) is 56.9 Å². The highest BCUT2D eigenvalue weighted by Crippen LogP contribution is 2.28. The highest BCUT2D eigenvalue weighted by atomic mass is 19.4. The van der Waals surface area contributed by atoms with Crippen molar-refractivity contribution in [3.63, 3.8) is 0 Å². The molecule has 0 unspecified atom stereocenters. The predicted molar refractivity (Wildman–Crippen MR) is 106 cm³/mol. The van der Waals surface area contributed by atoms with Crippen molar-refractivity contribution in [1.82, 2.24) is 19.8 Å². The lowest BCUT2D eigenvalue weighted by molar-refractivity contribution is -0.274. The molecule has 1 heterocycles. The average Bonchev–Trinajstić information content (AvgIpc) is 3.15. The molecule has 1 aromatic heterocycles. The molecule has 3 rings (SSSR count). The fraction of sp³-hybridized carbons (Fsp3) is 0.524. The van der Waals surface area contributed by atoms with Crippen molar-refractivity contribution in [2.24, 2.45) is 7.05 Å². The van der Waals surface area contributed by atoms with Gasteiger partial charge in [-0.25, -0.2) is 4.98 Å². The van der Waals surface area contributed by atoms with Crippen LogP contribution in [-0.2, 0) is 13.6 Å². The number of benzene rings is 1. The molecule has 1 fully saturated rings. The second-order valence-electron chi connectivity index (χ2n) is 8.05. The Morgan fingerprint density at radius 2 is 1.88 bits per heavy atom. The minimum Gasteiger partial charge on any atom is -0.406 e. The van der Waals surface area contributed by atoms with E-state index in [1.54, 1.807) is 17.7 Å². The lowest BCUT2D eigenvalue weighted by Gasteiger charge is -2.37. The highest BCUT2D eigenvalue weighted by Gasteiger charge is 2.34. The van der Waals surface area contributed by atoms with Gasteiger partial charge in [-0.3, -0.25) is 4.79 Å². The largest absolute Gasteiger partial charge is 0.573 e. The summed E-state index contributed by atoms with van der Waals surface area (Å²) >= 11 is 0. The molecule has 12 heteroatoms. The molecule has 0 spiro atoms. The summed E-state index contributed by atoms with van der Waals surface area (Å²) in [4.78, 5) is 18.8. The van der Waals surface area contributed by atoms with Gasteiger partial charge in [0.2, 0.25) is 0 Å². The molecular weight excluding hydrogens is 454 g/mol. The second kappa shape index (κ2) is 10.0. The zero-order valence-electron chi connectivity index (χ0n) is 17.8. The normalized spacial score (nSPS) is 19.4. The van der Waals surface area contributed by atoms with Gasteiger partial charge in [0.05, 0.1) is 12.9 Å². The van der Waals surface area contributed by atoms with Gasteiger partial charge >= 0.3 is 12.5 Å². The number of aryl methyl sites for hydroxylation is 1. The first kappa shape index (κ1) is 24.9. The third-order valence-electron chi connectivity index (χ3n) is 5.40. The molecule has 0 saturated heterocycles. The van der Waals surface area contributed by atoms with Crippen LogP contribution >= 0.6 is 0 Å². The molecule has 1 N–H and O–H groups in total. The Kier molecular flexibility index (Phi) is 7.55. The molecule has 2 aromatic rings. The molecule has 0 radical (unpaired) electrons. The average molecular weight is 478 g/mol. The van der Waals surface area contributed by atoms with Crippen LogP contribution in [0.15, 0.2) is 36.8 Å². The number of amides is 1. The maximum atomic E-state index is 13.2. The summed E-state index contributed by atoms with van der Waals surface area (Å²) in [7, 11) is 1.70. The van der Waals surface area contributed by atoms with Crippen LogP contribution in [0.1, 0.15) is 41.7 Å². The zero-order chi connectivity index (χ0) is 24.2. The van der Waals surface area contributed by atoms with Crippen molar-refractivity contribution in [2.75, 3.05) is 6.54 Å². The van der Waals surface area contributed by atoms with Crippen LogP contribution in [0.2, 0.25) is 0 Å². The van der Waals surface area contributed by atoms with Crippen LogP contribution < -0.4 is 10.1 Å². The quantitative estimate of drug-likeness (QED) is 0.599. The lowest BCUT2D eigenvalue weighted by atomic mass is 9.89. The fourth-order valence-corrected chi connectivity index (χ4v) is 3.93. The summed E-state index contributed by atoms with van der Waals surface area (Å²) in [5.41, 5.74) is 0.607. The molecule has 0 bridgehead atoms. The van der Waals surface area contributed by atoms with Crippen molar-refractivity contribution >= 4 is 5.91 Å². The van der Waals surface area contributed by atoms with Gasteiger partial charge in [0.15, 0.2) is 0 Å². The number of alkyl halides is 6. The fourth-order valence-electron chi connectivity index (χ4n) is 3.93. The first-order chi connectivity index (χ1) is 15.4. The van der Waals surface area contributed by atoms with E-state index in [2.05, 4.69) is 15.0 Å². The number of hydrogen-bond acceptors (Lipinski definition) is 4. The molecule has 1 aromatic carbocycles. The number of hydrogen-bond donors (Lipinski definition) is 1. The Morgan fingerprint density at radius 3 is 2.45 bits per heavy atom. The Balaban J connectivity index is 1.74. The van der Waals surface area contributed by atoms with E-state index in [1.165, 1.54) is 35.6 Å². The van der Waals surface area contributed by atoms with Crippen molar-refractivity contribution in [1.29, 1.82) is 0 Å². The molecule has 0 atom stereocenters. The molecule has 1 aliphatic carbocycles. The third-order valence-corrected chi connectivity index (χ3v) is 5.40. The van der Waals surface area contributed by atoms with Crippen LogP contribution in [0.25, 0.3) is 0 Å². The minimum absolute atomic E-state index is 0.00970. The van der Waals surface area contributed by atoms with E-state index in [1.807, 2.05) is 0 Å². The topological polar surface area (TPSA) is 59.4 Å². The Morgan fingerprint density at radius 1 is 1.18 bits per heavy atom. The van der Waals surface area contributed by atoms with Gasteiger partial charge in [-0.15, -0.1) is 13.2 Å². The number of rotatable bonds is 7. The molecular formula is C21H24F6N4O2. The van der Waals surface area contributed by atoms with E-state index in [-0.39, 0.29) is 24.3 Å². The number of ether oxygens (including phenoxy) is 1. The summed E-state index contributed by atoms with van der Waals surface area (Å²) in [5.74, 6) is -0.797. The monoisotopic (exact) mass is 478 g/mol. The van der Waals surface area contributed by atoms with Crippen LogP contribution in [0.3, 0.4) is 0 Å². The van der Waals surface area contributed by atoms with Gasteiger partial charge in [-0.2, -0.15) is 13.2 Å². The van der Waals surface area contributed by atoms with Crippen molar-refractivity contribution < 1.29 is 35.9 Å². The first-order valence-corrected chi connectivity index (χ1v) is 10.3. The number of nitrogens with zero attached hydrogens (tertiary/aromatic N) is 3. The Labute approximate surface area is 186 Å². The molecule has 33 heavy (non-hydrogen) atoms. The molecule has 6 nitrogen and oxygen atoms in total. The predicted octanol–water partition coefficient (Wildman–Crippen LogP) is 4.42.